The molecule has 0 atom stereocenters. The van der Waals surface area contributed by atoms with Gasteiger partial charge in [0.15, 0.2) is 0 Å². The summed E-state index contributed by atoms with van der Waals surface area (Å²) >= 11 is 0. The van der Waals surface area contributed by atoms with Crippen molar-refractivity contribution in [3.63, 3.8) is 0 Å². The van der Waals surface area contributed by atoms with Gasteiger partial charge in [0.25, 0.3) is 10.0 Å². The van der Waals surface area contributed by atoms with E-state index in [1.54, 1.807) is 54.6 Å². The summed E-state index contributed by atoms with van der Waals surface area (Å²) < 4.78 is 47.1. The number of hydrogen-bond donors (Lipinski definition) is 1. The molecule has 4 rings (SSSR count). The molecule has 0 aliphatic rings. The predicted molar refractivity (Wildman–Crippen MR) is 129 cm³/mol. The van der Waals surface area contributed by atoms with Gasteiger partial charge in [-0.2, -0.15) is 0 Å². The Morgan fingerprint density at radius 2 is 1.41 bits per heavy atom. The van der Waals surface area contributed by atoms with Gasteiger partial charge in [0, 0.05) is 5.69 Å². The van der Waals surface area contributed by atoms with Crippen molar-refractivity contribution < 1.29 is 22.3 Å². The first-order valence-electron chi connectivity index (χ1n) is 10.4. The van der Waals surface area contributed by atoms with Crippen LogP contribution in [0, 0.1) is 5.82 Å². The van der Waals surface area contributed by atoms with Gasteiger partial charge in [0.2, 0.25) is 5.91 Å². The van der Waals surface area contributed by atoms with Crippen LogP contribution in [0.1, 0.15) is 0 Å². The number of rotatable bonds is 8. The summed E-state index contributed by atoms with van der Waals surface area (Å²) in [6.45, 7) is -0.507. The quantitative estimate of drug-likeness (QED) is 0.367. The van der Waals surface area contributed by atoms with Crippen LogP contribution in [-0.4, -0.2) is 20.9 Å². The van der Waals surface area contributed by atoms with Crippen molar-refractivity contribution in [1.82, 2.24) is 0 Å². The number of hydrogen-bond acceptors (Lipinski definition) is 4. The maximum Gasteiger partial charge on any atom is 0.264 e. The summed E-state index contributed by atoms with van der Waals surface area (Å²) in [4.78, 5) is 12.8. The van der Waals surface area contributed by atoms with Crippen LogP contribution in [0.3, 0.4) is 0 Å². The minimum Gasteiger partial charge on any atom is -0.457 e. The number of carbonyl (C=O) groups is 1. The van der Waals surface area contributed by atoms with E-state index in [0.717, 1.165) is 10.4 Å². The second-order valence-electron chi connectivity index (χ2n) is 7.29. The molecule has 0 aromatic heterocycles. The van der Waals surface area contributed by atoms with E-state index in [1.165, 1.54) is 30.3 Å². The highest BCUT2D eigenvalue weighted by atomic mass is 32.2. The minimum atomic E-state index is -4.06. The van der Waals surface area contributed by atoms with Crippen molar-refractivity contribution in [3.05, 3.63) is 115 Å². The Kier molecular flexibility index (Phi) is 6.89. The van der Waals surface area contributed by atoms with Crippen LogP contribution in [0.2, 0.25) is 0 Å². The number of sulfonamides is 1. The summed E-state index contributed by atoms with van der Waals surface area (Å²) in [6.07, 6.45) is 0. The molecule has 6 nitrogen and oxygen atoms in total. The van der Waals surface area contributed by atoms with Gasteiger partial charge in [-0.1, -0.05) is 42.5 Å². The number of amides is 1. The molecule has 0 spiro atoms. The van der Waals surface area contributed by atoms with Crippen LogP contribution in [0.5, 0.6) is 11.5 Å². The van der Waals surface area contributed by atoms with Gasteiger partial charge >= 0.3 is 0 Å². The lowest BCUT2D eigenvalue weighted by Crippen LogP contribution is -2.38. The predicted octanol–water partition coefficient (Wildman–Crippen LogP) is 5.45. The van der Waals surface area contributed by atoms with Crippen LogP contribution < -0.4 is 14.4 Å². The molecule has 1 N–H and O–H groups in total. The molecule has 4 aromatic carbocycles. The highest BCUT2D eigenvalue weighted by molar-refractivity contribution is 7.92. The molecule has 0 fully saturated rings. The van der Waals surface area contributed by atoms with E-state index in [0.29, 0.717) is 11.5 Å². The van der Waals surface area contributed by atoms with Gasteiger partial charge in [-0.25, -0.2) is 12.8 Å². The first-order valence-corrected chi connectivity index (χ1v) is 11.8. The second-order valence-corrected chi connectivity index (χ2v) is 9.15. The maximum atomic E-state index is 13.5. The number of anilines is 2. The molecule has 0 aliphatic carbocycles. The Hall–Kier alpha value is -4.17. The van der Waals surface area contributed by atoms with Gasteiger partial charge < -0.3 is 10.1 Å². The minimum absolute atomic E-state index is 0.0400. The van der Waals surface area contributed by atoms with E-state index < -0.39 is 28.3 Å². The zero-order chi connectivity index (χ0) is 24.0. The first-order chi connectivity index (χ1) is 16.4. The smallest absolute Gasteiger partial charge is 0.264 e. The monoisotopic (exact) mass is 476 g/mol. The SMILES string of the molecule is O=C(CN(c1ccc(Oc2ccccc2)cc1)S(=O)(=O)c1ccccc1)Nc1cccc(F)c1. The molecule has 0 saturated carbocycles. The molecule has 34 heavy (non-hydrogen) atoms. The number of para-hydroxylation sites is 1. The third-order valence-corrected chi connectivity index (χ3v) is 6.62. The van der Waals surface area contributed by atoms with Crippen LogP contribution >= 0.6 is 0 Å². The molecule has 1 amide bonds. The van der Waals surface area contributed by atoms with E-state index in [1.807, 2.05) is 18.2 Å². The molecule has 172 valence electrons. The van der Waals surface area contributed by atoms with Crippen molar-refractivity contribution in [3.8, 4) is 11.5 Å². The van der Waals surface area contributed by atoms with Gasteiger partial charge in [0.05, 0.1) is 10.6 Å². The molecule has 0 heterocycles. The van der Waals surface area contributed by atoms with Crippen molar-refractivity contribution in [2.24, 2.45) is 0 Å². The van der Waals surface area contributed by atoms with Gasteiger partial charge in [-0.05, 0) is 66.7 Å². The Bertz CT molecular complexity index is 1360. The van der Waals surface area contributed by atoms with E-state index in [4.69, 9.17) is 4.74 Å². The summed E-state index contributed by atoms with van der Waals surface area (Å²) in [5.74, 6) is 0.0185. The number of nitrogens with zero attached hydrogens (tertiary/aromatic N) is 1. The van der Waals surface area contributed by atoms with E-state index in [9.17, 15) is 17.6 Å². The third-order valence-electron chi connectivity index (χ3n) is 4.83. The normalized spacial score (nSPS) is 11.0. The van der Waals surface area contributed by atoms with E-state index in [2.05, 4.69) is 5.32 Å². The Labute approximate surface area is 197 Å². The van der Waals surface area contributed by atoms with Gasteiger partial charge in [0.1, 0.15) is 23.9 Å². The number of halogens is 1. The molecule has 0 unspecified atom stereocenters. The Morgan fingerprint density at radius 1 is 0.794 bits per heavy atom. The zero-order valence-electron chi connectivity index (χ0n) is 18.0. The average molecular weight is 477 g/mol. The Balaban J connectivity index is 1.61. The van der Waals surface area contributed by atoms with Crippen molar-refractivity contribution in [1.29, 1.82) is 0 Å². The van der Waals surface area contributed by atoms with Crippen LogP contribution in [-0.2, 0) is 14.8 Å². The maximum absolute atomic E-state index is 13.5. The molecule has 0 saturated heterocycles. The molecular weight excluding hydrogens is 455 g/mol. The summed E-state index contributed by atoms with van der Waals surface area (Å²) in [7, 11) is -4.06. The lowest BCUT2D eigenvalue weighted by atomic mass is 10.3. The highest BCUT2D eigenvalue weighted by Crippen LogP contribution is 2.28. The molecular formula is C26H21FN2O4S. The third kappa shape index (κ3) is 5.60. The first kappa shape index (κ1) is 23.0. The van der Waals surface area contributed by atoms with Crippen molar-refractivity contribution >= 4 is 27.3 Å². The molecule has 0 aliphatic heterocycles. The number of nitrogens with one attached hydrogen (secondary N) is 1. The number of benzene rings is 4. The molecule has 0 bridgehead atoms. The standard InChI is InChI=1S/C26H21FN2O4S/c27-20-8-7-9-21(18-20)28-26(30)19-29(34(31,32)25-12-5-2-6-13-25)22-14-16-24(17-15-22)33-23-10-3-1-4-11-23/h1-18H,19H2,(H,28,30). The number of carbonyl (C=O) groups excluding carboxylic acids is 1. The fourth-order valence-electron chi connectivity index (χ4n) is 3.24. The summed E-state index contributed by atoms with van der Waals surface area (Å²) in [5.41, 5.74) is 0.507. The second kappa shape index (κ2) is 10.2. The fraction of sp³-hybridized carbons (Fsp3) is 0.0385. The lowest BCUT2D eigenvalue weighted by Gasteiger charge is -2.24. The van der Waals surface area contributed by atoms with E-state index >= 15 is 0 Å². The lowest BCUT2D eigenvalue weighted by molar-refractivity contribution is -0.114. The molecule has 4 aromatic rings. The summed E-state index contributed by atoms with van der Waals surface area (Å²) in [6, 6.07) is 28.8. The topological polar surface area (TPSA) is 75.7 Å². The zero-order valence-corrected chi connectivity index (χ0v) is 18.8. The van der Waals surface area contributed by atoms with Crippen LogP contribution in [0.4, 0.5) is 15.8 Å². The van der Waals surface area contributed by atoms with Gasteiger partial charge in [-0.15, -0.1) is 0 Å². The van der Waals surface area contributed by atoms with Gasteiger partial charge in [-0.3, -0.25) is 9.10 Å². The highest BCUT2D eigenvalue weighted by Gasteiger charge is 2.27. The average Bonchev–Trinajstić information content (AvgIpc) is 2.84. The fourth-order valence-corrected chi connectivity index (χ4v) is 4.68. The van der Waals surface area contributed by atoms with Crippen molar-refractivity contribution in [2.45, 2.75) is 4.90 Å². The molecule has 8 heteroatoms. The number of ether oxygens (including phenoxy) is 1. The van der Waals surface area contributed by atoms with Crippen LogP contribution in [0.15, 0.2) is 114 Å². The van der Waals surface area contributed by atoms with Crippen molar-refractivity contribution in [2.75, 3.05) is 16.2 Å². The molecule has 0 radical (unpaired) electrons. The van der Waals surface area contributed by atoms with Crippen LogP contribution in [0.25, 0.3) is 0 Å². The largest absolute Gasteiger partial charge is 0.457 e. The Morgan fingerprint density at radius 3 is 2.06 bits per heavy atom. The summed E-state index contributed by atoms with van der Waals surface area (Å²) in [5, 5.41) is 2.54. The van der Waals surface area contributed by atoms with E-state index in [-0.39, 0.29) is 16.3 Å².